The van der Waals surface area contributed by atoms with Crippen LogP contribution in [-0.4, -0.2) is 20.3 Å². The van der Waals surface area contributed by atoms with Crippen molar-refractivity contribution in [2.75, 3.05) is 5.32 Å². The molecule has 3 aromatic heterocycles. The van der Waals surface area contributed by atoms with Crippen molar-refractivity contribution >= 4 is 17.4 Å². The van der Waals surface area contributed by atoms with Crippen molar-refractivity contribution < 1.29 is 4.79 Å². The molecule has 0 bridgehead atoms. The van der Waals surface area contributed by atoms with Crippen LogP contribution in [0.4, 0.5) is 5.82 Å². The molecule has 0 aliphatic rings. The van der Waals surface area contributed by atoms with Gasteiger partial charge >= 0.3 is 0 Å². The van der Waals surface area contributed by atoms with Gasteiger partial charge in [-0.3, -0.25) is 4.79 Å². The van der Waals surface area contributed by atoms with Crippen molar-refractivity contribution in [2.45, 2.75) is 26.9 Å². The Labute approximate surface area is 134 Å². The SMILES string of the molecule is CC(=O)Nc1ccc(CNCc2cnc3cc(C)ccn23)cn1. The number of nitrogens with one attached hydrogen (secondary N) is 2. The molecule has 0 radical (unpaired) electrons. The number of hydrogen-bond acceptors (Lipinski definition) is 4. The van der Waals surface area contributed by atoms with Crippen LogP contribution in [0, 0.1) is 6.92 Å². The summed E-state index contributed by atoms with van der Waals surface area (Å²) in [6.07, 6.45) is 5.69. The van der Waals surface area contributed by atoms with E-state index in [1.807, 2.05) is 18.5 Å². The number of carbonyl (C=O) groups is 1. The van der Waals surface area contributed by atoms with E-state index in [0.29, 0.717) is 12.4 Å². The van der Waals surface area contributed by atoms with E-state index >= 15 is 0 Å². The molecular formula is C17H19N5O. The van der Waals surface area contributed by atoms with Crippen molar-refractivity contribution in [3.05, 3.63) is 59.7 Å². The topological polar surface area (TPSA) is 71.3 Å². The Morgan fingerprint density at radius 2 is 2.04 bits per heavy atom. The van der Waals surface area contributed by atoms with E-state index in [4.69, 9.17) is 0 Å². The molecule has 0 fully saturated rings. The molecule has 3 rings (SSSR count). The largest absolute Gasteiger partial charge is 0.311 e. The standard InChI is InChI=1S/C17H19N5O/c1-12-5-6-22-15(11-20-17(22)7-12)10-18-8-14-3-4-16(19-9-14)21-13(2)23/h3-7,9,11,18H,8,10H2,1-2H3,(H,19,21,23). The van der Waals surface area contributed by atoms with E-state index < -0.39 is 0 Å². The van der Waals surface area contributed by atoms with Gasteiger partial charge in [0.25, 0.3) is 0 Å². The highest BCUT2D eigenvalue weighted by Crippen LogP contribution is 2.09. The third-order valence-electron chi connectivity index (χ3n) is 3.51. The molecule has 0 saturated carbocycles. The first-order chi connectivity index (χ1) is 11.1. The van der Waals surface area contributed by atoms with Crippen molar-refractivity contribution in [2.24, 2.45) is 0 Å². The summed E-state index contributed by atoms with van der Waals surface area (Å²) in [6, 6.07) is 7.88. The van der Waals surface area contributed by atoms with Crippen LogP contribution < -0.4 is 10.6 Å². The predicted octanol–water partition coefficient (Wildman–Crippen LogP) is 2.29. The molecule has 1 amide bonds. The number of imidazole rings is 1. The first-order valence-corrected chi connectivity index (χ1v) is 7.47. The molecule has 0 atom stereocenters. The predicted molar refractivity (Wildman–Crippen MR) is 89.0 cm³/mol. The summed E-state index contributed by atoms with van der Waals surface area (Å²) in [5.41, 5.74) is 4.34. The second-order valence-electron chi connectivity index (χ2n) is 5.52. The molecule has 6 nitrogen and oxygen atoms in total. The van der Waals surface area contributed by atoms with Gasteiger partial charge in [0.1, 0.15) is 11.5 Å². The van der Waals surface area contributed by atoms with Crippen molar-refractivity contribution in [3.8, 4) is 0 Å². The van der Waals surface area contributed by atoms with Crippen LogP contribution in [0.3, 0.4) is 0 Å². The second kappa shape index (κ2) is 6.58. The van der Waals surface area contributed by atoms with Gasteiger partial charge < -0.3 is 15.0 Å². The lowest BCUT2D eigenvalue weighted by molar-refractivity contribution is -0.114. The first-order valence-electron chi connectivity index (χ1n) is 7.47. The lowest BCUT2D eigenvalue weighted by Crippen LogP contribution is -2.14. The van der Waals surface area contributed by atoms with Gasteiger partial charge in [-0.15, -0.1) is 0 Å². The van der Waals surface area contributed by atoms with E-state index in [-0.39, 0.29) is 5.91 Å². The van der Waals surface area contributed by atoms with Crippen LogP contribution in [-0.2, 0) is 17.9 Å². The molecule has 3 heterocycles. The highest BCUT2D eigenvalue weighted by Gasteiger charge is 2.03. The molecular weight excluding hydrogens is 290 g/mol. The van der Waals surface area contributed by atoms with Gasteiger partial charge in [0.15, 0.2) is 0 Å². The van der Waals surface area contributed by atoms with Gasteiger partial charge in [0.2, 0.25) is 5.91 Å². The van der Waals surface area contributed by atoms with Crippen LogP contribution in [0.25, 0.3) is 5.65 Å². The molecule has 6 heteroatoms. The number of fused-ring (bicyclic) bond motifs is 1. The molecule has 0 saturated heterocycles. The Morgan fingerprint density at radius 1 is 1.17 bits per heavy atom. The maximum absolute atomic E-state index is 11.0. The number of aryl methyl sites for hydroxylation is 1. The van der Waals surface area contributed by atoms with Gasteiger partial charge in [-0.25, -0.2) is 9.97 Å². The number of amides is 1. The molecule has 2 N–H and O–H groups in total. The summed E-state index contributed by atoms with van der Waals surface area (Å²) in [6.45, 7) is 4.95. The lowest BCUT2D eigenvalue weighted by atomic mass is 10.2. The highest BCUT2D eigenvalue weighted by atomic mass is 16.1. The number of pyridine rings is 2. The minimum Gasteiger partial charge on any atom is -0.311 e. The summed E-state index contributed by atoms with van der Waals surface area (Å²) in [5, 5.41) is 6.04. The van der Waals surface area contributed by atoms with Crippen LogP contribution in [0.15, 0.2) is 42.9 Å². The number of rotatable bonds is 5. The monoisotopic (exact) mass is 309 g/mol. The molecule has 23 heavy (non-hydrogen) atoms. The third kappa shape index (κ3) is 3.73. The van der Waals surface area contributed by atoms with Gasteiger partial charge in [-0.1, -0.05) is 6.07 Å². The van der Waals surface area contributed by atoms with E-state index in [1.54, 1.807) is 12.3 Å². The van der Waals surface area contributed by atoms with Crippen LogP contribution in [0.5, 0.6) is 0 Å². The molecule has 0 aliphatic heterocycles. The Bertz CT molecular complexity index is 823. The van der Waals surface area contributed by atoms with E-state index in [0.717, 1.165) is 23.4 Å². The number of carbonyl (C=O) groups excluding carboxylic acids is 1. The molecule has 3 aromatic rings. The molecule has 0 aliphatic carbocycles. The normalized spacial score (nSPS) is 10.9. The summed E-state index contributed by atoms with van der Waals surface area (Å²) in [4.78, 5) is 19.6. The fourth-order valence-corrected chi connectivity index (χ4v) is 2.38. The van der Waals surface area contributed by atoms with E-state index in [1.165, 1.54) is 12.5 Å². The zero-order valence-corrected chi connectivity index (χ0v) is 13.2. The minimum absolute atomic E-state index is 0.119. The van der Waals surface area contributed by atoms with Gasteiger partial charge in [-0.2, -0.15) is 0 Å². The fraction of sp³-hybridized carbons (Fsp3) is 0.235. The Hall–Kier alpha value is -2.73. The van der Waals surface area contributed by atoms with Crippen LogP contribution in [0.2, 0.25) is 0 Å². The Kier molecular flexibility index (Phi) is 4.34. The van der Waals surface area contributed by atoms with Gasteiger partial charge in [-0.05, 0) is 36.2 Å². The average molecular weight is 309 g/mol. The Balaban J connectivity index is 1.59. The number of nitrogens with zero attached hydrogens (tertiary/aromatic N) is 3. The quantitative estimate of drug-likeness (QED) is 0.758. The maximum Gasteiger partial charge on any atom is 0.222 e. The number of aromatic nitrogens is 3. The third-order valence-corrected chi connectivity index (χ3v) is 3.51. The smallest absolute Gasteiger partial charge is 0.222 e. The van der Waals surface area contributed by atoms with Crippen LogP contribution in [0.1, 0.15) is 23.7 Å². The lowest BCUT2D eigenvalue weighted by Gasteiger charge is -2.06. The molecule has 0 unspecified atom stereocenters. The van der Waals surface area contributed by atoms with Gasteiger partial charge in [0, 0.05) is 32.4 Å². The maximum atomic E-state index is 11.0. The first kappa shape index (κ1) is 15.2. The van der Waals surface area contributed by atoms with Crippen molar-refractivity contribution in [3.63, 3.8) is 0 Å². The summed E-state index contributed by atoms with van der Waals surface area (Å²) >= 11 is 0. The number of hydrogen-bond donors (Lipinski definition) is 2. The van der Waals surface area contributed by atoms with E-state index in [9.17, 15) is 4.79 Å². The van der Waals surface area contributed by atoms with Gasteiger partial charge in [0.05, 0.1) is 11.9 Å². The fourth-order valence-electron chi connectivity index (χ4n) is 2.38. The summed E-state index contributed by atoms with van der Waals surface area (Å²) < 4.78 is 2.08. The summed E-state index contributed by atoms with van der Waals surface area (Å²) in [7, 11) is 0. The Morgan fingerprint density at radius 3 is 2.78 bits per heavy atom. The van der Waals surface area contributed by atoms with Crippen molar-refractivity contribution in [1.29, 1.82) is 0 Å². The zero-order valence-electron chi connectivity index (χ0n) is 13.2. The van der Waals surface area contributed by atoms with Crippen LogP contribution >= 0.6 is 0 Å². The highest BCUT2D eigenvalue weighted by molar-refractivity contribution is 5.87. The second-order valence-corrected chi connectivity index (χ2v) is 5.52. The number of anilines is 1. The minimum atomic E-state index is -0.119. The average Bonchev–Trinajstić information content (AvgIpc) is 2.91. The molecule has 0 aromatic carbocycles. The molecule has 118 valence electrons. The summed E-state index contributed by atoms with van der Waals surface area (Å²) in [5.74, 6) is 0.449. The zero-order chi connectivity index (χ0) is 16.2. The van der Waals surface area contributed by atoms with Crippen molar-refractivity contribution in [1.82, 2.24) is 19.7 Å². The van der Waals surface area contributed by atoms with E-state index in [2.05, 4.69) is 44.1 Å². The molecule has 0 spiro atoms.